The minimum atomic E-state index is -0.273. The Morgan fingerprint density at radius 3 is 3.27 bits per heavy atom. The zero-order valence-electron chi connectivity index (χ0n) is 8.75. The first-order valence-corrected chi connectivity index (χ1v) is 5.16. The number of esters is 1. The average molecular weight is 206 g/mol. The molecule has 0 saturated carbocycles. The van der Waals surface area contributed by atoms with Gasteiger partial charge in [-0.05, 0) is 31.0 Å². The van der Waals surface area contributed by atoms with E-state index in [4.69, 9.17) is 4.74 Å². The van der Waals surface area contributed by atoms with Crippen molar-refractivity contribution in [3.63, 3.8) is 0 Å². The van der Waals surface area contributed by atoms with E-state index in [9.17, 15) is 4.79 Å². The van der Waals surface area contributed by atoms with Gasteiger partial charge in [0, 0.05) is 18.9 Å². The molecule has 0 aromatic carbocycles. The van der Waals surface area contributed by atoms with E-state index in [-0.39, 0.29) is 5.97 Å². The smallest absolute Gasteiger partial charge is 0.340 e. The largest absolute Gasteiger partial charge is 0.462 e. The summed E-state index contributed by atoms with van der Waals surface area (Å²) < 4.78 is 4.99. The lowest BCUT2D eigenvalue weighted by Crippen LogP contribution is -2.26. The van der Waals surface area contributed by atoms with E-state index in [1.165, 1.54) is 0 Å². The second-order valence-electron chi connectivity index (χ2n) is 3.47. The molecule has 0 fully saturated rings. The Labute approximate surface area is 88.7 Å². The van der Waals surface area contributed by atoms with Crippen LogP contribution in [0.3, 0.4) is 0 Å². The van der Waals surface area contributed by atoms with Gasteiger partial charge in [-0.2, -0.15) is 0 Å². The van der Waals surface area contributed by atoms with Crippen molar-refractivity contribution < 1.29 is 9.53 Å². The Balaban J connectivity index is 2.34. The molecule has 0 atom stereocenters. The molecule has 0 bridgehead atoms. The van der Waals surface area contributed by atoms with Gasteiger partial charge in [0.2, 0.25) is 0 Å². The minimum absolute atomic E-state index is 0.273. The Kier molecular flexibility index (Phi) is 2.97. The van der Waals surface area contributed by atoms with Crippen LogP contribution in [0.4, 0.5) is 0 Å². The lowest BCUT2D eigenvalue weighted by atomic mass is 9.99. The summed E-state index contributed by atoms with van der Waals surface area (Å²) in [6.07, 6.45) is 4.35. The molecule has 1 aliphatic heterocycles. The van der Waals surface area contributed by atoms with Gasteiger partial charge in [-0.25, -0.2) is 4.79 Å². The summed E-state index contributed by atoms with van der Waals surface area (Å²) >= 11 is 0. The number of rotatable bonds is 2. The van der Waals surface area contributed by atoms with Crippen LogP contribution >= 0.6 is 0 Å². The van der Waals surface area contributed by atoms with E-state index in [0.29, 0.717) is 12.2 Å². The number of pyridine rings is 1. The molecule has 4 nitrogen and oxygen atoms in total. The second-order valence-corrected chi connectivity index (χ2v) is 3.47. The van der Waals surface area contributed by atoms with Crippen LogP contribution < -0.4 is 5.32 Å². The third kappa shape index (κ3) is 1.99. The fourth-order valence-electron chi connectivity index (χ4n) is 1.78. The van der Waals surface area contributed by atoms with Gasteiger partial charge < -0.3 is 10.1 Å². The normalized spacial score (nSPS) is 14.5. The zero-order chi connectivity index (χ0) is 10.7. The van der Waals surface area contributed by atoms with E-state index < -0.39 is 0 Å². The Morgan fingerprint density at radius 1 is 1.60 bits per heavy atom. The SMILES string of the molecule is CCOC(=O)c1cncc2c1CNCC2. The number of carbonyl (C=O) groups excluding carboxylic acids is 1. The molecule has 2 rings (SSSR count). The van der Waals surface area contributed by atoms with Crippen molar-refractivity contribution in [2.45, 2.75) is 19.9 Å². The van der Waals surface area contributed by atoms with Crippen LogP contribution in [0.15, 0.2) is 12.4 Å². The molecule has 0 saturated heterocycles. The Hall–Kier alpha value is -1.42. The van der Waals surface area contributed by atoms with Gasteiger partial charge in [0.1, 0.15) is 0 Å². The maximum atomic E-state index is 11.6. The standard InChI is InChI=1S/C11H14N2O2/c1-2-15-11(14)10-7-13-5-8-3-4-12-6-9(8)10/h5,7,12H,2-4,6H2,1H3. The lowest BCUT2D eigenvalue weighted by molar-refractivity contribution is 0.0524. The third-order valence-electron chi connectivity index (χ3n) is 2.51. The molecule has 1 aromatic rings. The van der Waals surface area contributed by atoms with Gasteiger partial charge in [0.15, 0.2) is 0 Å². The van der Waals surface area contributed by atoms with Crippen molar-refractivity contribution in [3.8, 4) is 0 Å². The molecule has 0 aliphatic carbocycles. The van der Waals surface area contributed by atoms with Crippen LogP contribution in [0.1, 0.15) is 28.4 Å². The second kappa shape index (κ2) is 4.40. The number of fused-ring (bicyclic) bond motifs is 1. The summed E-state index contributed by atoms with van der Waals surface area (Å²) in [7, 11) is 0. The van der Waals surface area contributed by atoms with Crippen LogP contribution in [-0.4, -0.2) is 24.1 Å². The van der Waals surface area contributed by atoms with Gasteiger partial charge in [-0.3, -0.25) is 4.98 Å². The van der Waals surface area contributed by atoms with E-state index in [0.717, 1.165) is 30.6 Å². The van der Waals surface area contributed by atoms with Gasteiger partial charge in [-0.1, -0.05) is 0 Å². The van der Waals surface area contributed by atoms with Crippen LogP contribution in [0.25, 0.3) is 0 Å². The Bertz CT molecular complexity index is 377. The van der Waals surface area contributed by atoms with Crippen molar-refractivity contribution in [1.82, 2.24) is 10.3 Å². The molecule has 15 heavy (non-hydrogen) atoms. The maximum absolute atomic E-state index is 11.6. The van der Waals surface area contributed by atoms with Crippen molar-refractivity contribution in [2.24, 2.45) is 0 Å². The first-order chi connectivity index (χ1) is 7.33. The van der Waals surface area contributed by atoms with Crippen LogP contribution in [0, 0.1) is 0 Å². The number of nitrogens with zero attached hydrogens (tertiary/aromatic N) is 1. The molecule has 2 heterocycles. The van der Waals surface area contributed by atoms with Gasteiger partial charge in [-0.15, -0.1) is 0 Å². The minimum Gasteiger partial charge on any atom is -0.462 e. The molecule has 1 aliphatic rings. The van der Waals surface area contributed by atoms with Crippen LogP contribution in [-0.2, 0) is 17.7 Å². The number of ether oxygens (including phenoxy) is 1. The van der Waals surface area contributed by atoms with Gasteiger partial charge >= 0.3 is 5.97 Å². The van der Waals surface area contributed by atoms with Crippen molar-refractivity contribution in [1.29, 1.82) is 0 Å². The summed E-state index contributed by atoms with van der Waals surface area (Å²) in [6.45, 7) is 3.88. The first-order valence-electron chi connectivity index (χ1n) is 5.16. The predicted molar refractivity (Wildman–Crippen MR) is 55.6 cm³/mol. The molecule has 0 amide bonds. The number of nitrogens with one attached hydrogen (secondary N) is 1. The van der Waals surface area contributed by atoms with E-state index >= 15 is 0 Å². The topological polar surface area (TPSA) is 51.2 Å². The van der Waals surface area contributed by atoms with E-state index in [1.807, 2.05) is 6.20 Å². The predicted octanol–water partition coefficient (Wildman–Crippen LogP) is 0.904. The number of carbonyl (C=O) groups is 1. The molecular weight excluding hydrogens is 192 g/mol. The molecular formula is C11H14N2O2. The monoisotopic (exact) mass is 206 g/mol. The highest BCUT2D eigenvalue weighted by Gasteiger charge is 2.18. The number of hydrogen-bond acceptors (Lipinski definition) is 4. The van der Waals surface area contributed by atoms with Gasteiger partial charge in [0.05, 0.1) is 12.2 Å². The van der Waals surface area contributed by atoms with Crippen molar-refractivity contribution in [2.75, 3.05) is 13.2 Å². The summed E-state index contributed by atoms with van der Waals surface area (Å²) in [5.74, 6) is -0.273. The quantitative estimate of drug-likeness (QED) is 0.730. The molecule has 0 spiro atoms. The van der Waals surface area contributed by atoms with Crippen LogP contribution in [0.2, 0.25) is 0 Å². The molecule has 0 unspecified atom stereocenters. The Morgan fingerprint density at radius 2 is 2.47 bits per heavy atom. The van der Waals surface area contributed by atoms with Crippen molar-refractivity contribution in [3.05, 3.63) is 29.1 Å². The summed E-state index contributed by atoms with van der Waals surface area (Å²) in [5, 5.41) is 3.24. The van der Waals surface area contributed by atoms with E-state index in [2.05, 4.69) is 10.3 Å². The first kappa shape index (κ1) is 10.1. The fraction of sp³-hybridized carbons (Fsp3) is 0.455. The van der Waals surface area contributed by atoms with E-state index in [1.54, 1.807) is 13.1 Å². The average Bonchev–Trinajstić information content (AvgIpc) is 2.28. The highest BCUT2D eigenvalue weighted by molar-refractivity contribution is 5.91. The van der Waals surface area contributed by atoms with Crippen molar-refractivity contribution >= 4 is 5.97 Å². The highest BCUT2D eigenvalue weighted by atomic mass is 16.5. The third-order valence-corrected chi connectivity index (χ3v) is 2.51. The van der Waals surface area contributed by atoms with Gasteiger partial charge in [0.25, 0.3) is 0 Å². The lowest BCUT2D eigenvalue weighted by Gasteiger charge is -2.18. The number of aromatic nitrogens is 1. The maximum Gasteiger partial charge on any atom is 0.340 e. The fourth-order valence-corrected chi connectivity index (χ4v) is 1.78. The molecule has 1 N–H and O–H groups in total. The molecule has 0 radical (unpaired) electrons. The molecule has 1 aromatic heterocycles. The molecule has 80 valence electrons. The zero-order valence-corrected chi connectivity index (χ0v) is 8.75. The highest BCUT2D eigenvalue weighted by Crippen LogP contribution is 2.17. The summed E-state index contributed by atoms with van der Waals surface area (Å²) in [4.78, 5) is 15.7. The van der Waals surface area contributed by atoms with Crippen LogP contribution in [0.5, 0.6) is 0 Å². The summed E-state index contributed by atoms with van der Waals surface area (Å²) in [5.41, 5.74) is 2.79. The number of hydrogen-bond donors (Lipinski definition) is 1. The summed E-state index contributed by atoms with van der Waals surface area (Å²) in [6, 6.07) is 0. The molecule has 4 heteroatoms.